The maximum absolute atomic E-state index is 11.2. The van der Waals surface area contributed by atoms with Crippen LogP contribution in [0.15, 0.2) is 0 Å². The van der Waals surface area contributed by atoms with Crippen molar-refractivity contribution in [3.05, 3.63) is 0 Å². The zero-order valence-electron chi connectivity index (χ0n) is 13.4. The van der Waals surface area contributed by atoms with Crippen molar-refractivity contribution in [3.8, 4) is 0 Å². The highest BCUT2D eigenvalue weighted by Crippen LogP contribution is 2.23. The lowest BCUT2D eigenvalue weighted by molar-refractivity contribution is -0.148. The van der Waals surface area contributed by atoms with Crippen molar-refractivity contribution in [2.24, 2.45) is 5.92 Å². The lowest BCUT2D eigenvalue weighted by Gasteiger charge is -2.29. The first-order chi connectivity index (χ1) is 9.63. The molecule has 1 aliphatic carbocycles. The summed E-state index contributed by atoms with van der Waals surface area (Å²) in [5.41, 5.74) is 0. The highest BCUT2D eigenvalue weighted by atomic mass is 16.6. The summed E-state index contributed by atoms with van der Waals surface area (Å²) >= 11 is 0. The fraction of sp³-hybridized carbons (Fsp3) is 0.938. The largest absolute Gasteiger partial charge is 0.464 e. The van der Waals surface area contributed by atoms with Crippen LogP contribution in [0.1, 0.15) is 52.9 Å². The minimum atomic E-state index is -0.262. The van der Waals surface area contributed by atoms with Crippen LogP contribution in [-0.4, -0.2) is 49.8 Å². The number of hydrogen-bond acceptors (Lipinski definition) is 4. The highest BCUT2D eigenvalue weighted by molar-refractivity contribution is 5.70. The molecule has 1 saturated carbocycles. The molecule has 0 atom stereocenters. The van der Waals surface area contributed by atoms with Gasteiger partial charge in [-0.2, -0.15) is 0 Å². The zero-order valence-corrected chi connectivity index (χ0v) is 13.4. The molecule has 1 rings (SSSR count). The van der Waals surface area contributed by atoms with Crippen LogP contribution >= 0.6 is 0 Å². The molecule has 118 valence electrons. The Labute approximate surface area is 123 Å². The van der Waals surface area contributed by atoms with Crippen molar-refractivity contribution in [1.82, 2.24) is 4.90 Å². The van der Waals surface area contributed by atoms with E-state index in [0.29, 0.717) is 13.2 Å². The van der Waals surface area contributed by atoms with E-state index >= 15 is 0 Å². The lowest BCUT2D eigenvalue weighted by Crippen LogP contribution is -2.37. The molecule has 4 nitrogen and oxygen atoms in total. The van der Waals surface area contributed by atoms with Crippen LogP contribution in [0.2, 0.25) is 0 Å². The molecule has 0 aromatic rings. The number of esters is 1. The molecule has 0 heterocycles. The Morgan fingerprint density at radius 3 is 2.55 bits per heavy atom. The van der Waals surface area contributed by atoms with Crippen LogP contribution < -0.4 is 0 Å². The van der Waals surface area contributed by atoms with Gasteiger partial charge < -0.3 is 9.47 Å². The van der Waals surface area contributed by atoms with Crippen LogP contribution in [0, 0.1) is 5.92 Å². The summed E-state index contributed by atoms with van der Waals surface area (Å²) in [7, 11) is 0. The second-order valence-electron chi connectivity index (χ2n) is 6.01. The van der Waals surface area contributed by atoms with Crippen molar-refractivity contribution in [2.75, 3.05) is 32.9 Å². The molecule has 1 aliphatic rings. The first-order valence-corrected chi connectivity index (χ1v) is 8.11. The van der Waals surface area contributed by atoms with E-state index in [0.717, 1.165) is 25.0 Å². The highest BCUT2D eigenvalue weighted by Gasteiger charge is 2.22. The topological polar surface area (TPSA) is 38.8 Å². The molecule has 0 aromatic heterocycles. The molecule has 0 aromatic carbocycles. The van der Waals surface area contributed by atoms with E-state index in [1.807, 2.05) is 6.92 Å². The molecule has 0 amide bonds. The number of carbonyl (C=O) groups is 1. The summed E-state index contributed by atoms with van der Waals surface area (Å²) in [5, 5.41) is 0. The van der Waals surface area contributed by atoms with Crippen molar-refractivity contribution >= 4 is 5.97 Å². The average molecular weight is 285 g/mol. The Morgan fingerprint density at radius 1 is 1.25 bits per heavy atom. The summed E-state index contributed by atoms with van der Waals surface area (Å²) in [6.07, 6.45) is 6.57. The number of carbonyl (C=O) groups excluding carboxylic acids is 1. The third kappa shape index (κ3) is 7.25. The molecule has 1 fully saturated rings. The quantitative estimate of drug-likeness (QED) is 0.457. The third-order valence-electron chi connectivity index (χ3n) is 3.88. The first kappa shape index (κ1) is 17.4. The summed E-state index contributed by atoms with van der Waals surface area (Å²) in [4.78, 5) is 13.8. The van der Waals surface area contributed by atoms with Gasteiger partial charge in [-0.1, -0.05) is 26.7 Å². The summed E-state index contributed by atoms with van der Waals surface area (Å²) in [5.74, 6) is 0.474. The maximum Gasteiger partial charge on any atom is 0.332 e. The van der Waals surface area contributed by atoms with Crippen molar-refractivity contribution in [3.63, 3.8) is 0 Å². The predicted molar refractivity (Wildman–Crippen MR) is 80.7 cm³/mol. The standard InChI is InChI=1S/C16H31NO3/c1-4-20-16(18)13-19-12-11-17(10-9-14(2)3)15-7-5-6-8-15/h14-15H,4-13H2,1-3H3. The van der Waals surface area contributed by atoms with E-state index in [1.165, 1.54) is 32.1 Å². The molecule has 20 heavy (non-hydrogen) atoms. The van der Waals surface area contributed by atoms with Gasteiger partial charge in [0, 0.05) is 12.6 Å². The molecule has 0 saturated heterocycles. The van der Waals surface area contributed by atoms with Gasteiger partial charge in [0.15, 0.2) is 0 Å². The van der Waals surface area contributed by atoms with Crippen LogP contribution in [-0.2, 0) is 14.3 Å². The van der Waals surface area contributed by atoms with Gasteiger partial charge in [-0.15, -0.1) is 0 Å². The van der Waals surface area contributed by atoms with Crippen molar-refractivity contribution in [1.29, 1.82) is 0 Å². The summed E-state index contributed by atoms with van der Waals surface area (Å²) in [6, 6.07) is 0.722. The van der Waals surface area contributed by atoms with E-state index in [4.69, 9.17) is 9.47 Å². The van der Waals surface area contributed by atoms with Crippen LogP contribution in [0.25, 0.3) is 0 Å². The molecule has 4 heteroatoms. The number of hydrogen-bond donors (Lipinski definition) is 0. The van der Waals surface area contributed by atoms with Crippen LogP contribution in [0.4, 0.5) is 0 Å². The Bertz CT molecular complexity index is 262. The van der Waals surface area contributed by atoms with Gasteiger partial charge in [0.1, 0.15) is 6.61 Å². The summed E-state index contributed by atoms with van der Waals surface area (Å²) < 4.78 is 10.3. The van der Waals surface area contributed by atoms with E-state index in [9.17, 15) is 4.79 Å². The Morgan fingerprint density at radius 2 is 1.95 bits per heavy atom. The molecule has 0 unspecified atom stereocenters. The number of rotatable bonds is 10. The molecule has 0 radical (unpaired) electrons. The van der Waals surface area contributed by atoms with Gasteiger partial charge in [-0.05, 0) is 38.6 Å². The normalized spacial score (nSPS) is 16.2. The van der Waals surface area contributed by atoms with E-state index in [1.54, 1.807) is 0 Å². The second kappa shape index (κ2) is 10.2. The monoisotopic (exact) mass is 285 g/mol. The third-order valence-corrected chi connectivity index (χ3v) is 3.88. The molecule has 0 aliphatic heterocycles. The second-order valence-corrected chi connectivity index (χ2v) is 6.01. The average Bonchev–Trinajstić information content (AvgIpc) is 2.91. The maximum atomic E-state index is 11.2. The Balaban J connectivity index is 2.23. The molecule has 0 bridgehead atoms. The van der Waals surface area contributed by atoms with Gasteiger partial charge >= 0.3 is 5.97 Å². The Kier molecular flexibility index (Phi) is 8.86. The molecule has 0 spiro atoms. The SMILES string of the molecule is CCOC(=O)COCCN(CCC(C)C)C1CCCC1. The molecular formula is C16H31NO3. The number of ether oxygens (including phenoxy) is 2. The van der Waals surface area contributed by atoms with E-state index in [-0.39, 0.29) is 12.6 Å². The molecule has 0 N–H and O–H groups in total. The smallest absolute Gasteiger partial charge is 0.332 e. The van der Waals surface area contributed by atoms with E-state index < -0.39 is 0 Å². The lowest BCUT2D eigenvalue weighted by atomic mass is 10.1. The fourth-order valence-electron chi connectivity index (χ4n) is 2.71. The van der Waals surface area contributed by atoms with Crippen LogP contribution in [0.5, 0.6) is 0 Å². The summed E-state index contributed by atoms with van der Waals surface area (Å²) in [6.45, 7) is 9.54. The fourth-order valence-corrected chi connectivity index (χ4v) is 2.71. The van der Waals surface area contributed by atoms with E-state index in [2.05, 4.69) is 18.7 Å². The predicted octanol–water partition coefficient (Wildman–Crippen LogP) is 2.86. The van der Waals surface area contributed by atoms with Gasteiger partial charge in [0.05, 0.1) is 13.2 Å². The zero-order chi connectivity index (χ0) is 14.8. The first-order valence-electron chi connectivity index (χ1n) is 8.11. The molecular weight excluding hydrogens is 254 g/mol. The van der Waals surface area contributed by atoms with Gasteiger partial charge in [0.2, 0.25) is 0 Å². The van der Waals surface area contributed by atoms with Crippen molar-refractivity contribution < 1.29 is 14.3 Å². The number of nitrogens with zero attached hydrogens (tertiary/aromatic N) is 1. The van der Waals surface area contributed by atoms with Gasteiger partial charge in [-0.3, -0.25) is 4.90 Å². The van der Waals surface area contributed by atoms with Crippen molar-refractivity contribution in [2.45, 2.75) is 58.9 Å². The van der Waals surface area contributed by atoms with Gasteiger partial charge in [0.25, 0.3) is 0 Å². The Hall–Kier alpha value is -0.610. The minimum Gasteiger partial charge on any atom is -0.464 e. The van der Waals surface area contributed by atoms with Crippen LogP contribution in [0.3, 0.4) is 0 Å². The minimum absolute atomic E-state index is 0.0799. The van der Waals surface area contributed by atoms with Gasteiger partial charge in [-0.25, -0.2) is 4.79 Å².